The van der Waals surface area contributed by atoms with Gasteiger partial charge in [0.2, 0.25) is 5.91 Å². The quantitative estimate of drug-likeness (QED) is 0.816. The predicted octanol–water partition coefficient (Wildman–Crippen LogP) is 1.97. The highest BCUT2D eigenvalue weighted by Gasteiger charge is 2.07. The molecule has 0 bridgehead atoms. The first-order chi connectivity index (χ1) is 9.69. The number of nitrogens with one attached hydrogen (secondary N) is 2. The predicted molar refractivity (Wildman–Crippen MR) is 73.9 cm³/mol. The Morgan fingerprint density at radius 1 is 1.25 bits per heavy atom. The number of imidazole rings is 1. The maximum Gasteiger partial charge on any atom is 0.306 e. The molecule has 0 aliphatic carbocycles. The van der Waals surface area contributed by atoms with Crippen molar-refractivity contribution in [3.8, 4) is 11.3 Å². The normalized spacial score (nSPS) is 10.1. The van der Waals surface area contributed by atoms with Crippen LogP contribution >= 0.6 is 0 Å². The smallest absolute Gasteiger partial charge is 0.306 e. The maximum atomic E-state index is 11.6. The van der Waals surface area contributed by atoms with Crippen molar-refractivity contribution < 1.29 is 14.3 Å². The Balaban J connectivity index is 1.90. The van der Waals surface area contributed by atoms with Gasteiger partial charge in [-0.25, -0.2) is 4.98 Å². The summed E-state index contributed by atoms with van der Waals surface area (Å²) in [4.78, 5) is 29.5. The SMILES string of the molecule is COC(=O)CCC(=O)Nc1ccc(-c2cnc[nH]2)cc1. The molecule has 20 heavy (non-hydrogen) atoms. The highest BCUT2D eigenvalue weighted by atomic mass is 16.5. The van der Waals surface area contributed by atoms with Gasteiger partial charge in [-0.05, 0) is 17.7 Å². The number of methoxy groups -OCH3 is 1. The number of amides is 1. The standard InChI is InChI=1S/C14H15N3O3/c1-20-14(19)7-6-13(18)17-11-4-2-10(3-5-11)12-8-15-9-16-12/h2-5,8-9H,6-7H2,1H3,(H,15,16)(H,17,18). The van der Waals surface area contributed by atoms with Gasteiger partial charge in [-0.1, -0.05) is 12.1 Å². The number of hydrogen-bond donors (Lipinski definition) is 2. The molecule has 0 saturated carbocycles. The molecule has 0 unspecified atom stereocenters. The van der Waals surface area contributed by atoms with Crippen molar-refractivity contribution in [1.29, 1.82) is 0 Å². The van der Waals surface area contributed by atoms with Crippen LogP contribution in [0.5, 0.6) is 0 Å². The van der Waals surface area contributed by atoms with E-state index >= 15 is 0 Å². The fourth-order valence-electron chi connectivity index (χ4n) is 1.69. The molecule has 1 aromatic carbocycles. The minimum atomic E-state index is -0.394. The van der Waals surface area contributed by atoms with E-state index in [-0.39, 0.29) is 18.7 Å². The Labute approximate surface area is 116 Å². The highest BCUT2D eigenvalue weighted by Crippen LogP contribution is 2.18. The molecule has 1 aromatic heterocycles. The third-order valence-electron chi connectivity index (χ3n) is 2.76. The van der Waals surface area contributed by atoms with Gasteiger partial charge in [0.25, 0.3) is 0 Å². The van der Waals surface area contributed by atoms with Crippen LogP contribution in [-0.2, 0) is 14.3 Å². The second-order valence-electron chi connectivity index (χ2n) is 4.17. The zero-order valence-corrected chi connectivity index (χ0v) is 11.1. The number of esters is 1. The highest BCUT2D eigenvalue weighted by molar-refractivity contribution is 5.92. The Bertz CT molecular complexity index is 576. The topological polar surface area (TPSA) is 84.1 Å². The first-order valence-corrected chi connectivity index (χ1v) is 6.14. The van der Waals surface area contributed by atoms with E-state index in [9.17, 15) is 9.59 Å². The van der Waals surface area contributed by atoms with E-state index < -0.39 is 5.97 Å². The molecule has 0 radical (unpaired) electrons. The average molecular weight is 273 g/mol. The van der Waals surface area contributed by atoms with E-state index in [1.54, 1.807) is 24.7 Å². The first-order valence-electron chi connectivity index (χ1n) is 6.14. The summed E-state index contributed by atoms with van der Waals surface area (Å²) < 4.78 is 4.48. The molecule has 0 aliphatic heterocycles. The van der Waals surface area contributed by atoms with Crippen molar-refractivity contribution in [2.24, 2.45) is 0 Å². The van der Waals surface area contributed by atoms with Crippen molar-refractivity contribution in [2.75, 3.05) is 12.4 Å². The molecule has 1 amide bonds. The van der Waals surface area contributed by atoms with E-state index in [2.05, 4.69) is 20.0 Å². The molecular formula is C14H15N3O3. The number of hydrogen-bond acceptors (Lipinski definition) is 4. The van der Waals surface area contributed by atoms with E-state index in [1.165, 1.54) is 7.11 Å². The summed E-state index contributed by atoms with van der Waals surface area (Å²) in [5, 5.41) is 2.72. The molecule has 2 aromatic rings. The van der Waals surface area contributed by atoms with Crippen LogP contribution in [0.4, 0.5) is 5.69 Å². The molecule has 104 valence electrons. The Kier molecular flexibility index (Phi) is 4.49. The van der Waals surface area contributed by atoms with E-state index in [4.69, 9.17) is 0 Å². The number of aromatic nitrogens is 2. The molecule has 0 fully saturated rings. The number of H-pyrrole nitrogens is 1. The number of carbonyl (C=O) groups is 2. The number of rotatable bonds is 5. The van der Waals surface area contributed by atoms with Gasteiger partial charge in [-0.2, -0.15) is 0 Å². The molecular weight excluding hydrogens is 258 g/mol. The summed E-state index contributed by atoms with van der Waals surface area (Å²) in [6, 6.07) is 7.35. The first kappa shape index (κ1) is 13.8. The van der Waals surface area contributed by atoms with Gasteiger partial charge in [-0.15, -0.1) is 0 Å². The molecule has 6 heteroatoms. The molecule has 0 saturated heterocycles. The third-order valence-corrected chi connectivity index (χ3v) is 2.76. The van der Waals surface area contributed by atoms with Gasteiger partial charge in [-0.3, -0.25) is 9.59 Å². The molecule has 2 rings (SSSR count). The summed E-state index contributed by atoms with van der Waals surface area (Å²) in [6.45, 7) is 0. The largest absolute Gasteiger partial charge is 0.469 e. The van der Waals surface area contributed by atoms with Crippen LogP contribution in [0, 0.1) is 0 Å². The van der Waals surface area contributed by atoms with Gasteiger partial charge < -0.3 is 15.0 Å². The van der Waals surface area contributed by atoms with Gasteiger partial charge in [0.05, 0.1) is 31.7 Å². The van der Waals surface area contributed by atoms with E-state index in [0.717, 1.165) is 11.3 Å². The summed E-state index contributed by atoms with van der Waals surface area (Å²) in [5.74, 6) is -0.612. The second kappa shape index (κ2) is 6.51. The molecule has 1 heterocycles. The van der Waals surface area contributed by atoms with Crippen LogP contribution in [0.25, 0.3) is 11.3 Å². The second-order valence-corrected chi connectivity index (χ2v) is 4.17. The van der Waals surface area contributed by atoms with Gasteiger partial charge >= 0.3 is 5.97 Å². The zero-order valence-electron chi connectivity index (χ0n) is 11.1. The van der Waals surface area contributed by atoms with Gasteiger partial charge in [0.1, 0.15) is 0 Å². The van der Waals surface area contributed by atoms with Crippen LogP contribution in [-0.4, -0.2) is 29.0 Å². The van der Waals surface area contributed by atoms with Crippen LogP contribution in [0.2, 0.25) is 0 Å². The minimum Gasteiger partial charge on any atom is -0.469 e. The monoisotopic (exact) mass is 273 g/mol. The van der Waals surface area contributed by atoms with Crippen LogP contribution in [0.15, 0.2) is 36.8 Å². The van der Waals surface area contributed by atoms with Crippen molar-refractivity contribution in [3.63, 3.8) is 0 Å². The van der Waals surface area contributed by atoms with E-state index in [1.807, 2.05) is 12.1 Å². The lowest BCUT2D eigenvalue weighted by Gasteiger charge is -2.05. The van der Waals surface area contributed by atoms with Gasteiger partial charge in [0, 0.05) is 12.1 Å². The molecule has 0 aliphatic rings. The van der Waals surface area contributed by atoms with E-state index in [0.29, 0.717) is 5.69 Å². The molecule has 6 nitrogen and oxygen atoms in total. The van der Waals surface area contributed by atoms with Crippen molar-refractivity contribution in [2.45, 2.75) is 12.8 Å². The Morgan fingerprint density at radius 2 is 2.00 bits per heavy atom. The third kappa shape index (κ3) is 3.68. The van der Waals surface area contributed by atoms with Crippen LogP contribution < -0.4 is 5.32 Å². The lowest BCUT2D eigenvalue weighted by molar-refractivity contribution is -0.141. The summed E-state index contributed by atoms with van der Waals surface area (Å²) in [7, 11) is 1.30. The number of anilines is 1. The summed E-state index contributed by atoms with van der Waals surface area (Å²) in [6.07, 6.45) is 3.52. The summed E-state index contributed by atoms with van der Waals surface area (Å²) in [5.41, 5.74) is 2.58. The molecule has 2 N–H and O–H groups in total. The van der Waals surface area contributed by atoms with Crippen molar-refractivity contribution in [3.05, 3.63) is 36.8 Å². The number of carbonyl (C=O) groups excluding carboxylic acids is 2. The Hall–Kier alpha value is -2.63. The van der Waals surface area contributed by atoms with Crippen molar-refractivity contribution in [1.82, 2.24) is 9.97 Å². The molecule has 0 atom stereocenters. The molecule has 0 spiro atoms. The lowest BCUT2D eigenvalue weighted by Crippen LogP contribution is -2.13. The number of nitrogens with zero attached hydrogens (tertiary/aromatic N) is 1. The fourth-order valence-corrected chi connectivity index (χ4v) is 1.69. The number of benzene rings is 1. The maximum absolute atomic E-state index is 11.6. The Morgan fingerprint density at radius 3 is 2.60 bits per heavy atom. The number of aromatic amines is 1. The lowest BCUT2D eigenvalue weighted by atomic mass is 10.1. The van der Waals surface area contributed by atoms with Crippen molar-refractivity contribution >= 4 is 17.6 Å². The van der Waals surface area contributed by atoms with Gasteiger partial charge in [0.15, 0.2) is 0 Å². The van der Waals surface area contributed by atoms with Crippen LogP contribution in [0.3, 0.4) is 0 Å². The summed E-state index contributed by atoms with van der Waals surface area (Å²) >= 11 is 0. The minimum absolute atomic E-state index is 0.0779. The zero-order chi connectivity index (χ0) is 14.4. The number of ether oxygens (including phenoxy) is 1. The van der Waals surface area contributed by atoms with Crippen LogP contribution in [0.1, 0.15) is 12.8 Å². The average Bonchev–Trinajstić information content (AvgIpc) is 2.99. The fraction of sp³-hybridized carbons (Fsp3) is 0.214.